The molecule has 0 rings (SSSR count). The van der Waals surface area contributed by atoms with Crippen molar-refractivity contribution in [2.75, 3.05) is 7.05 Å². The largest absolute Gasteiger partial charge is 0.444 e. The molecule has 0 bridgehead atoms. The lowest BCUT2D eigenvalue weighted by Gasteiger charge is -2.21. The lowest BCUT2D eigenvalue weighted by Crippen LogP contribution is -2.37. The van der Waals surface area contributed by atoms with E-state index in [2.05, 4.69) is 10.6 Å². The summed E-state index contributed by atoms with van der Waals surface area (Å²) in [6.45, 7) is 9.02. The average Bonchev–Trinajstić information content (AvgIpc) is 2.21. The van der Waals surface area contributed by atoms with Gasteiger partial charge in [-0.05, 0) is 27.7 Å². The second-order valence-electron chi connectivity index (χ2n) is 5.22. The van der Waals surface area contributed by atoms with Gasteiger partial charge in [0, 0.05) is 13.1 Å². The van der Waals surface area contributed by atoms with Crippen LogP contribution >= 0.6 is 0 Å². The van der Waals surface area contributed by atoms with E-state index in [4.69, 9.17) is 4.74 Å². The molecular weight excluding hydrogens is 232 g/mol. The van der Waals surface area contributed by atoms with Crippen LogP contribution in [-0.4, -0.2) is 30.7 Å². The minimum Gasteiger partial charge on any atom is -0.444 e. The molecule has 0 spiro atoms. The second kappa shape index (κ2) is 7.03. The summed E-state index contributed by atoms with van der Waals surface area (Å²) < 4.78 is 5.12. The fourth-order valence-electron chi connectivity index (χ4n) is 1.19. The van der Waals surface area contributed by atoms with Crippen molar-refractivity contribution in [1.29, 1.82) is 0 Å². The SMILES string of the molecule is CNC(=O)[C@H](C)/C=C/[C@H](C)NC(=O)OC(C)(C)C. The van der Waals surface area contributed by atoms with E-state index in [9.17, 15) is 9.59 Å². The first-order chi connectivity index (χ1) is 8.15. The highest BCUT2D eigenvalue weighted by atomic mass is 16.6. The maximum absolute atomic E-state index is 11.5. The molecule has 0 aliphatic carbocycles. The number of nitrogens with one attached hydrogen (secondary N) is 2. The molecule has 0 aliphatic rings. The van der Waals surface area contributed by atoms with Gasteiger partial charge in [0.05, 0.1) is 5.92 Å². The molecule has 0 radical (unpaired) electrons. The first-order valence-electron chi connectivity index (χ1n) is 6.05. The van der Waals surface area contributed by atoms with Crippen LogP contribution in [-0.2, 0) is 9.53 Å². The molecular formula is C13H24N2O3. The number of rotatable bonds is 4. The van der Waals surface area contributed by atoms with Gasteiger partial charge < -0.3 is 15.4 Å². The third kappa shape index (κ3) is 7.70. The Labute approximate surface area is 109 Å². The van der Waals surface area contributed by atoms with Gasteiger partial charge in [0.2, 0.25) is 5.91 Å². The Morgan fingerprint density at radius 2 is 1.72 bits per heavy atom. The third-order valence-corrected chi connectivity index (χ3v) is 2.09. The number of hydrogen-bond donors (Lipinski definition) is 2. The molecule has 18 heavy (non-hydrogen) atoms. The topological polar surface area (TPSA) is 67.4 Å². The van der Waals surface area contributed by atoms with Crippen LogP contribution in [0, 0.1) is 5.92 Å². The van der Waals surface area contributed by atoms with E-state index in [1.165, 1.54) is 0 Å². The number of amides is 2. The third-order valence-electron chi connectivity index (χ3n) is 2.09. The van der Waals surface area contributed by atoms with E-state index in [0.29, 0.717) is 0 Å². The molecule has 104 valence electrons. The van der Waals surface area contributed by atoms with E-state index in [-0.39, 0.29) is 17.9 Å². The number of carbonyl (C=O) groups excluding carboxylic acids is 2. The van der Waals surface area contributed by atoms with E-state index in [0.717, 1.165) is 0 Å². The maximum Gasteiger partial charge on any atom is 0.408 e. The van der Waals surface area contributed by atoms with Crippen molar-refractivity contribution in [2.45, 2.75) is 46.3 Å². The van der Waals surface area contributed by atoms with Crippen molar-refractivity contribution >= 4 is 12.0 Å². The lowest BCUT2D eigenvalue weighted by atomic mass is 10.1. The monoisotopic (exact) mass is 256 g/mol. The summed E-state index contributed by atoms with van der Waals surface area (Å²) in [5, 5.41) is 5.23. The quantitative estimate of drug-likeness (QED) is 0.754. The smallest absolute Gasteiger partial charge is 0.408 e. The molecule has 0 saturated carbocycles. The van der Waals surface area contributed by atoms with E-state index in [1.54, 1.807) is 46.9 Å². The van der Waals surface area contributed by atoms with Gasteiger partial charge in [-0.1, -0.05) is 19.1 Å². The number of alkyl carbamates (subject to hydrolysis) is 1. The van der Waals surface area contributed by atoms with Crippen molar-refractivity contribution in [3.05, 3.63) is 12.2 Å². The summed E-state index contributed by atoms with van der Waals surface area (Å²) in [6, 6.07) is -0.188. The van der Waals surface area contributed by atoms with E-state index < -0.39 is 11.7 Å². The number of hydrogen-bond acceptors (Lipinski definition) is 3. The molecule has 2 atom stereocenters. The zero-order valence-corrected chi connectivity index (χ0v) is 12.0. The van der Waals surface area contributed by atoms with Gasteiger partial charge in [0.15, 0.2) is 0 Å². The molecule has 0 heterocycles. The minimum absolute atomic E-state index is 0.0595. The Hall–Kier alpha value is -1.52. The highest BCUT2D eigenvalue weighted by Crippen LogP contribution is 2.07. The highest BCUT2D eigenvalue weighted by Gasteiger charge is 2.17. The van der Waals surface area contributed by atoms with Crippen LogP contribution in [0.4, 0.5) is 4.79 Å². The molecule has 2 amide bonds. The molecule has 0 saturated heterocycles. The highest BCUT2D eigenvalue weighted by molar-refractivity contribution is 5.79. The molecule has 0 aromatic carbocycles. The summed E-state index contributed by atoms with van der Waals surface area (Å²) in [5.41, 5.74) is -0.511. The predicted octanol–water partition coefficient (Wildman–Crippen LogP) is 1.84. The number of carbonyl (C=O) groups is 2. The molecule has 5 nitrogen and oxygen atoms in total. The number of ether oxygens (including phenoxy) is 1. The minimum atomic E-state index is -0.511. The standard InChI is InChI=1S/C13H24N2O3/c1-9(11(16)14-6)7-8-10(2)15-12(17)18-13(3,4)5/h7-10H,1-6H3,(H,14,16)(H,15,17)/b8-7+/t9-,10+/m1/s1. The first kappa shape index (κ1) is 16.5. The van der Waals surface area contributed by atoms with Crippen molar-refractivity contribution in [3.8, 4) is 0 Å². The normalized spacial score (nSPS) is 15.0. The Balaban J connectivity index is 4.19. The second-order valence-corrected chi connectivity index (χ2v) is 5.22. The Kier molecular flexibility index (Phi) is 6.44. The van der Waals surface area contributed by atoms with Crippen LogP contribution in [0.2, 0.25) is 0 Å². The van der Waals surface area contributed by atoms with Crippen LogP contribution in [0.25, 0.3) is 0 Å². The fraction of sp³-hybridized carbons (Fsp3) is 0.692. The van der Waals surface area contributed by atoms with Crippen molar-refractivity contribution in [1.82, 2.24) is 10.6 Å². The molecule has 0 aromatic heterocycles. The van der Waals surface area contributed by atoms with Crippen molar-refractivity contribution in [2.24, 2.45) is 5.92 Å². The predicted molar refractivity (Wildman–Crippen MR) is 71.2 cm³/mol. The molecule has 2 N–H and O–H groups in total. The first-order valence-corrected chi connectivity index (χ1v) is 6.05. The van der Waals surface area contributed by atoms with Gasteiger partial charge >= 0.3 is 6.09 Å². The van der Waals surface area contributed by atoms with Gasteiger partial charge in [-0.25, -0.2) is 4.79 Å². The van der Waals surface area contributed by atoms with Crippen LogP contribution in [0.3, 0.4) is 0 Å². The average molecular weight is 256 g/mol. The van der Waals surface area contributed by atoms with Gasteiger partial charge in [-0.2, -0.15) is 0 Å². The summed E-state index contributed by atoms with van der Waals surface area (Å²) in [4.78, 5) is 22.7. The fourth-order valence-corrected chi connectivity index (χ4v) is 1.19. The molecule has 0 fully saturated rings. The van der Waals surface area contributed by atoms with Gasteiger partial charge in [-0.15, -0.1) is 0 Å². The summed E-state index contributed by atoms with van der Waals surface area (Å²) in [7, 11) is 1.59. The van der Waals surface area contributed by atoms with Gasteiger partial charge in [0.1, 0.15) is 5.60 Å². The van der Waals surface area contributed by atoms with E-state index >= 15 is 0 Å². The Morgan fingerprint density at radius 1 is 1.17 bits per heavy atom. The lowest BCUT2D eigenvalue weighted by molar-refractivity contribution is -0.122. The van der Waals surface area contributed by atoms with E-state index in [1.807, 2.05) is 6.92 Å². The molecule has 0 aromatic rings. The van der Waals surface area contributed by atoms with Crippen LogP contribution in [0.5, 0.6) is 0 Å². The summed E-state index contributed by atoms with van der Waals surface area (Å²) in [5.74, 6) is -0.284. The Morgan fingerprint density at radius 3 is 2.17 bits per heavy atom. The van der Waals surface area contributed by atoms with Gasteiger partial charge in [0.25, 0.3) is 0 Å². The maximum atomic E-state index is 11.5. The molecule has 0 aliphatic heterocycles. The van der Waals surface area contributed by atoms with Crippen LogP contribution in [0.1, 0.15) is 34.6 Å². The van der Waals surface area contributed by atoms with Crippen LogP contribution < -0.4 is 10.6 Å². The molecule has 0 unspecified atom stereocenters. The zero-order valence-electron chi connectivity index (χ0n) is 12.0. The Bertz CT molecular complexity index is 319. The van der Waals surface area contributed by atoms with Gasteiger partial charge in [-0.3, -0.25) is 4.79 Å². The summed E-state index contributed by atoms with van der Waals surface area (Å²) in [6.07, 6.45) is 3.05. The summed E-state index contributed by atoms with van der Waals surface area (Å²) >= 11 is 0. The molecule has 5 heteroatoms. The zero-order chi connectivity index (χ0) is 14.3. The van der Waals surface area contributed by atoms with Crippen LogP contribution in [0.15, 0.2) is 12.2 Å². The van der Waals surface area contributed by atoms with Crippen molar-refractivity contribution in [3.63, 3.8) is 0 Å². The van der Waals surface area contributed by atoms with Crippen molar-refractivity contribution < 1.29 is 14.3 Å².